The molecule has 0 aliphatic carbocycles. The second-order valence-corrected chi connectivity index (χ2v) is 7.05. The summed E-state index contributed by atoms with van der Waals surface area (Å²) in [6.45, 7) is 0. The maximum absolute atomic E-state index is 14.4. The fourth-order valence-corrected chi connectivity index (χ4v) is 3.02. The average molecular weight is 455 g/mol. The number of nitrogens with zero attached hydrogens (tertiary/aromatic N) is 3. The topological polar surface area (TPSA) is 152 Å². The molecule has 0 unspecified atom stereocenters. The number of nitrogens with one attached hydrogen (secondary N) is 2. The van der Waals surface area contributed by atoms with Gasteiger partial charge in [0, 0.05) is 11.3 Å². The van der Waals surface area contributed by atoms with Crippen molar-refractivity contribution in [2.75, 3.05) is 16.5 Å². The van der Waals surface area contributed by atoms with E-state index in [1.54, 1.807) is 48.5 Å². The predicted molar refractivity (Wildman–Crippen MR) is 125 cm³/mol. The monoisotopic (exact) mass is 455 g/mol. The van der Waals surface area contributed by atoms with Crippen molar-refractivity contribution in [2.45, 2.75) is 0 Å². The summed E-state index contributed by atoms with van der Waals surface area (Å²) in [6.07, 6.45) is 1.39. The number of hydrogen-bond acceptors (Lipinski definition) is 8. The molecule has 1 aromatic heterocycles. The van der Waals surface area contributed by atoms with Gasteiger partial charge in [0.25, 0.3) is 5.91 Å². The molecule has 3 aromatic carbocycles. The van der Waals surface area contributed by atoms with Crippen LogP contribution in [0.5, 0.6) is 11.5 Å². The molecule has 0 bridgehead atoms. The van der Waals surface area contributed by atoms with Gasteiger partial charge in [0.05, 0.1) is 23.4 Å². The average Bonchev–Trinajstić information content (AvgIpc) is 2.86. The first-order valence-corrected chi connectivity index (χ1v) is 9.95. The third-order valence-corrected chi connectivity index (χ3v) is 4.77. The summed E-state index contributed by atoms with van der Waals surface area (Å²) >= 11 is 0. The number of nitriles is 1. The number of nitrogen functional groups attached to an aromatic ring is 2. The van der Waals surface area contributed by atoms with Gasteiger partial charge in [0.1, 0.15) is 23.0 Å². The lowest BCUT2D eigenvalue weighted by Gasteiger charge is -2.10. The van der Waals surface area contributed by atoms with Crippen molar-refractivity contribution in [3.8, 4) is 29.0 Å². The lowest BCUT2D eigenvalue weighted by molar-refractivity contribution is 0.102. The van der Waals surface area contributed by atoms with Crippen LogP contribution in [0.25, 0.3) is 11.4 Å². The highest BCUT2D eigenvalue weighted by Crippen LogP contribution is 2.25. The highest BCUT2D eigenvalue weighted by Gasteiger charge is 2.15. The number of carbonyl (C=O) groups excluding carboxylic acids is 1. The normalized spacial score (nSPS) is 10.3. The second kappa shape index (κ2) is 9.64. The van der Waals surface area contributed by atoms with E-state index < -0.39 is 11.7 Å². The highest BCUT2D eigenvalue weighted by molar-refractivity contribution is 6.05. The Morgan fingerprint density at radius 1 is 1.03 bits per heavy atom. The first kappa shape index (κ1) is 22.2. The van der Waals surface area contributed by atoms with Crippen LogP contribution < -0.4 is 27.1 Å². The Morgan fingerprint density at radius 3 is 2.32 bits per heavy atom. The molecular weight excluding hydrogens is 437 g/mol. The summed E-state index contributed by atoms with van der Waals surface area (Å²) in [5, 5.41) is 11.5. The van der Waals surface area contributed by atoms with Crippen LogP contribution in [0, 0.1) is 17.1 Å². The molecule has 1 heterocycles. The van der Waals surface area contributed by atoms with Gasteiger partial charge >= 0.3 is 0 Å². The standard InChI is InChI=1S/C24H18FN7O2/c25-20-10-3-15(23-29-13-21(32-28)22(27)31-23)11-19(20)24(33)30-16-4-8-18(9-5-16)34-17-6-1-14(12-26)2-7-17/h1-11,13,32H,28H2,(H,30,33)(H2,27,29,31). The number of nitrogens with two attached hydrogens (primary N) is 2. The minimum atomic E-state index is -0.699. The Bertz CT molecular complexity index is 1380. The minimum absolute atomic E-state index is 0.117. The molecule has 0 aliphatic heterocycles. The maximum atomic E-state index is 14.4. The number of aromatic nitrogens is 2. The highest BCUT2D eigenvalue weighted by atomic mass is 19.1. The van der Waals surface area contributed by atoms with Crippen LogP contribution in [0.1, 0.15) is 15.9 Å². The molecular formula is C24H18FN7O2. The molecule has 0 aliphatic rings. The van der Waals surface area contributed by atoms with Crippen molar-refractivity contribution in [1.82, 2.24) is 9.97 Å². The number of hydrogen-bond donors (Lipinski definition) is 4. The van der Waals surface area contributed by atoms with Crippen molar-refractivity contribution < 1.29 is 13.9 Å². The van der Waals surface area contributed by atoms with E-state index in [0.29, 0.717) is 34.0 Å². The number of ether oxygens (including phenoxy) is 1. The number of hydrazine groups is 1. The van der Waals surface area contributed by atoms with Crippen LogP contribution in [-0.4, -0.2) is 15.9 Å². The quantitative estimate of drug-likeness (QED) is 0.251. The molecule has 0 fully saturated rings. The van der Waals surface area contributed by atoms with Gasteiger partial charge in [-0.3, -0.25) is 10.6 Å². The summed E-state index contributed by atoms with van der Waals surface area (Å²) in [6, 6.07) is 19.2. The molecule has 9 nitrogen and oxygen atoms in total. The van der Waals surface area contributed by atoms with Crippen molar-refractivity contribution in [3.63, 3.8) is 0 Å². The van der Waals surface area contributed by atoms with E-state index in [0.717, 1.165) is 6.07 Å². The molecule has 0 atom stereocenters. The second-order valence-electron chi connectivity index (χ2n) is 7.05. The van der Waals surface area contributed by atoms with Gasteiger partial charge in [-0.1, -0.05) is 0 Å². The first-order valence-electron chi connectivity index (χ1n) is 9.95. The van der Waals surface area contributed by atoms with Gasteiger partial charge in [-0.2, -0.15) is 5.26 Å². The molecule has 0 spiro atoms. The SMILES string of the molecule is N#Cc1ccc(Oc2ccc(NC(=O)c3cc(-c4ncc(NN)c(N)n4)ccc3F)cc2)cc1. The molecule has 168 valence electrons. The molecule has 10 heteroatoms. The minimum Gasteiger partial charge on any atom is -0.457 e. The van der Waals surface area contributed by atoms with Gasteiger partial charge in [0.2, 0.25) is 0 Å². The Hall–Kier alpha value is -5.01. The van der Waals surface area contributed by atoms with E-state index >= 15 is 0 Å². The number of rotatable bonds is 6. The molecule has 1 amide bonds. The van der Waals surface area contributed by atoms with Crippen molar-refractivity contribution >= 4 is 23.1 Å². The van der Waals surface area contributed by atoms with Gasteiger partial charge in [-0.05, 0) is 66.7 Å². The van der Waals surface area contributed by atoms with Gasteiger partial charge in [-0.25, -0.2) is 14.4 Å². The van der Waals surface area contributed by atoms with E-state index in [2.05, 4.69) is 20.7 Å². The Balaban J connectivity index is 1.48. The fraction of sp³-hybridized carbons (Fsp3) is 0. The third kappa shape index (κ3) is 4.90. The third-order valence-electron chi connectivity index (χ3n) is 4.77. The van der Waals surface area contributed by atoms with Gasteiger partial charge in [0.15, 0.2) is 11.6 Å². The lowest BCUT2D eigenvalue weighted by atomic mass is 10.1. The van der Waals surface area contributed by atoms with E-state index in [1.807, 2.05) is 6.07 Å². The molecule has 4 aromatic rings. The Kier molecular flexibility index (Phi) is 6.29. The smallest absolute Gasteiger partial charge is 0.258 e. The Labute approximate surface area is 193 Å². The maximum Gasteiger partial charge on any atom is 0.258 e. The molecule has 0 saturated heterocycles. The van der Waals surface area contributed by atoms with Crippen LogP contribution in [0.3, 0.4) is 0 Å². The summed E-state index contributed by atoms with van der Waals surface area (Å²) < 4.78 is 20.1. The zero-order valence-electron chi connectivity index (χ0n) is 17.6. The van der Waals surface area contributed by atoms with E-state index in [-0.39, 0.29) is 17.2 Å². The van der Waals surface area contributed by atoms with Crippen LogP contribution in [0.2, 0.25) is 0 Å². The summed E-state index contributed by atoms with van der Waals surface area (Å²) in [5.41, 5.74) is 9.72. The number of anilines is 3. The predicted octanol–water partition coefficient (Wildman–Crippen LogP) is 4.07. The molecule has 0 radical (unpaired) electrons. The summed E-state index contributed by atoms with van der Waals surface area (Å²) in [7, 11) is 0. The van der Waals surface area contributed by atoms with Crippen LogP contribution in [0.15, 0.2) is 72.9 Å². The number of halogens is 1. The van der Waals surface area contributed by atoms with E-state index in [9.17, 15) is 9.18 Å². The number of amides is 1. The largest absolute Gasteiger partial charge is 0.457 e. The molecule has 4 rings (SSSR count). The van der Waals surface area contributed by atoms with E-state index in [4.69, 9.17) is 21.6 Å². The van der Waals surface area contributed by atoms with Crippen LogP contribution in [0.4, 0.5) is 21.6 Å². The van der Waals surface area contributed by atoms with Gasteiger partial charge < -0.3 is 21.2 Å². The summed E-state index contributed by atoms with van der Waals surface area (Å²) in [4.78, 5) is 21.0. The molecule has 0 saturated carbocycles. The van der Waals surface area contributed by atoms with Crippen molar-refractivity contribution in [1.29, 1.82) is 5.26 Å². The fourth-order valence-electron chi connectivity index (χ4n) is 3.02. The molecule has 34 heavy (non-hydrogen) atoms. The van der Waals surface area contributed by atoms with Crippen molar-refractivity contribution in [2.24, 2.45) is 5.84 Å². The molecule has 6 N–H and O–H groups in total. The lowest BCUT2D eigenvalue weighted by Crippen LogP contribution is -2.14. The van der Waals surface area contributed by atoms with Gasteiger partial charge in [-0.15, -0.1) is 0 Å². The number of benzene rings is 3. The number of carbonyl (C=O) groups is 1. The zero-order chi connectivity index (χ0) is 24.1. The van der Waals surface area contributed by atoms with Crippen molar-refractivity contribution in [3.05, 3.63) is 89.9 Å². The van der Waals surface area contributed by atoms with E-state index in [1.165, 1.54) is 18.3 Å². The Morgan fingerprint density at radius 2 is 1.71 bits per heavy atom. The first-order chi connectivity index (χ1) is 16.5. The van der Waals surface area contributed by atoms with Crippen LogP contribution >= 0.6 is 0 Å². The summed E-state index contributed by atoms with van der Waals surface area (Å²) in [5.74, 6) is 5.41. The van der Waals surface area contributed by atoms with Crippen LogP contribution in [-0.2, 0) is 0 Å². The zero-order valence-corrected chi connectivity index (χ0v) is 17.6.